The monoisotopic (exact) mass is 464 g/mol. The maximum Gasteiger partial charge on any atom is 0.219 e. The molecule has 1 amide bonds. The molecule has 1 atom stereocenters. The minimum absolute atomic E-state index is 0.122. The molecule has 0 aliphatic carbocycles. The van der Waals surface area contributed by atoms with Gasteiger partial charge in [0.15, 0.2) is 0 Å². The normalized spacial score (nSPS) is 13.3. The van der Waals surface area contributed by atoms with E-state index in [2.05, 4.69) is 28.6 Å². The summed E-state index contributed by atoms with van der Waals surface area (Å²) in [6.45, 7) is 0.0925. The van der Waals surface area contributed by atoms with E-state index in [1.165, 1.54) is 90.6 Å². The van der Waals surface area contributed by atoms with Gasteiger partial charge >= 0.3 is 0 Å². The van der Waals surface area contributed by atoms with Crippen molar-refractivity contribution in [2.75, 3.05) is 20.3 Å². The Kier molecular flexibility index (Phi) is 22.2. The Labute approximate surface area is 191 Å². The Morgan fingerprint density at radius 3 is 1.77 bits per heavy atom. The first-order valence-electron chi connectivity index (χ1n) is 12.3. The molecule has 0 heterocycles. The fraction of sp³-hybridized carbons (Fsp3) is 0.957. The average molecular weight is 465 g/mol. The molecule has 0 rings (SSSR count). The molecule has 0 aromatic rings. The molecule has 0 fully saturated rings. The predicted molar refractivity (Wildman–Crippen MR) is 129 cm³/mol. The highest BCUT2D eigenvalue weighted by Crippen LogP contribution is 2.37. The van der Waals surface area contributed by atoms with Crippen molar-refractivity contribution in [3.05, 3.63) is 0 Å². The molecule has 0 aromatic carbocycles. The van der Waals surface area contributed by atoms with Crippen LogP contribution in [0.2, 0.25) is 0 Å². The van der Waals surface area contributed by atoms with Crippen LogP contribution in [0.1, 0.15) is 122 Å². The van der Waals surface area contributed by atoms with E-state index in [0.29, 0.717) is 13.0 Å². The highest BCUT2D eigenvalue weighted by atomic mass is 32.5. The molecule has 0 saturated carbocycles. The molecule has 30 heavy (non-hydrogen) atoms. The molecule has 0 aliphatic rings. The van der Waals surface area contributed by atoms with Crippen molar-refractivity contribution in [3.63, 3.8) is 0 Å². The molecular formula is C23H47NO4PS-. The van der Waals surface area contributed by atoms with Crippen LogP contribution in [-0.2, 0) is 25.6 Å². The maximum absolute atomic E-state index is 11.8. The van der Waals surface area contributed by atoms with Gasteiger partial charge in [-0.05, 0) is 19.3 Å². The quantitative estimate of drug-likeness (QED) is 0.140. The van der Waals surface area contributed by atoms with Gasteiger partial charge in [0.05, 0.1) is 6.61 Å². The van der Waals surface area contributed by atoms with Crippen molar-refractivity contribution in [3.8, 4) is 0 Å². The lowest BCUT2D eigenvalue weighted by Gasteiger charge is -2.24. The first kappa shape index (κ1) is 30.0. The minimum atomic E-state index is -3.28. The lowest BCUT2D eigenvalue weighted by atomic mass is 10.0. The van der Waals surface area contributed by atoms with Gasteiger partial charge in [0.1, 0.15) is 6.72 Å². The fourth-order valence-corrected chi connectivity index (χ4v) is 4.11. The van der Waals surface area contributed by atoms with Crippen molar-refractivity contribution < 1.29 is 18.7 Å². The van der Waals surface area contributed by atoms with Gasteiger partial charge in [0.2, 0.25) is 5.91 Å². The molecule has 1 unspecified atom stereocenters. The number of carbonyl (C=O) groups excluding carboxylic acids is 1. The van der Waals surface area contributed by atoms with Crippen LogP contribution in [0, 0.1) is 0 Å². The average Bonchev–Trinajstić information content (AvgIpc) is 2.73. The third kappa shape index (κ3) is 22.7. The lowest BCUT2D eigenvalue weighted by molar-refractivity contribution is -0.204. The summed E-state index contributed by atoms with van der Waals surface area (Å²) in [5.74, 6) is 0.122. The van der Waals surface area contributed by atoms with Gasteiger partial charge in [0.25, 0.3) is 0 Å². The topological polar surface area (TPSA) is 70.6 Å². The first-order valence-corrected chi connectivity index (χ1v) is 14.9. The zero-order valence-electron chi connectivity index (χ0n) is 19.6. The van der Waals surface area contributed by atoms with Gasteiger partial charge in [-0.3, -0.25) is 4.79 Å². The number of amides is 1. The van der Waals surface area contributed by atoms with Crippen LogP contribution in [0.3, 0.4) is 0 Å². The van der Waals surface area contributed by atoms with E-state index in [-0.39, 0.29) is 5.91 Å². The van der Waals surface area contributed by atoms with Gasteiger partial charge in [-0.15, -0.1) is 0 Å². The summed E-state index contributed by atoms with van der Waals surface area (Å²) < 4.78 is 9.58. The zero-order valence-corrected chi connectivity index (χ0v) is 21.3. The molecule has 0 bridgehead atoms. The maximum atomic E-state index is 11.8. The van der Waals surface area contributed by atoms with E-state index in [9.17, 15) is 9.69 Å². The third-order valence-electron chi connectivity index (χ3n) is 5.37. The molecule has 7 heteroatoms. The summed E-state index contributed by atoms with van der Waals surface area (Å²) in [5.41, 5.74) is 0. The summed E-state index contributed by atoms with van der Waals surface area (Å²) in [5, 5.41) is 3.00. The smallest absolute Gasteiger partial charge is 0.219 e. The van der Waals surface area contributed by atoms with Crippen LogP contribution >= 0.6 is 6.72 Å². The van der Waals surface area contributed by atoms with Crippen molar-refractivity contribution >= 4 is 24.4 Å². The fourth-order valence-electron chi connectivity index (χ4n) is 3.43. The van der Waals surface area contributed by atoms with Crippen LogP contribution in [-0.4, -0.2) is 26.2 Å². The third-order valence-corrected chi connectivity index (χ3v) is 7.08. The first-order chi connectivity index (χ1) is 14.5. The van der Waals surface area contributed by atoms with Crippen LogP contribution in [0.5, 0.6) is 0 Å². The van der Waals surface area contributed by atoms with E-state index >= 15 is 0 Å². The lowest BCUT2D eigenvalue weighted by Crippen LogP contribution is -2.23. The Balaban J connectivity index is 3.22. The van der Waals surface area contributed by atoms with E-state index in [0.717, 1.165) is 32.2 Å². The molecule has 0 radical (unpaired) electrons. The van der Waals surface area contributed by atoms with Gasteiger partial charge in [-0.25, -0.2) is 0 Å². The Bertz CT molecular complexity index is 437. The van der Waals surface area contributed by atoms with E-state index in [4.69, 9.17) is 4.52 Å². The number of unbranched alkanes of at least 4 members (excludes halogenated alkanes) is 15. The molecule has 1 N–H and O–H groups in total. The van der Waals surface area contributed by atoms with Gasteiger partial charge in [-0.1, -0.05) is 109 Å². The molecule has 5 nitrogen and oxygen atoms in total. The van der Waals surface area contributed by atoms with Crippen LogP contribution < -0.4 is 10.2 Å². The van der Waals surface area contributed by atoms with Crippen molar-refractivity contribution in [1.82, 2.24) is 5.32 Å². The summed E-state index contributed by atoms with van der Waals surface area (Å²) in [7, 11) is 1.29. The number of rotatable bonds is 23. The summed E-state index contributed by atoms with van der Waals surface area (Å²) in [6, 6.07) is 0. The van der Waals surface area contributed by atoms with Crippen LogP contribution in [0.4, 0.5) is 0 Å². The summed E-state index contributed by atoms with van der Waals surface area (Å²) in [6.07, 6.45) is 21.8. The second-order valence-electron chi connectivity index (χ2n) is 8.22. The highest BCUT2D eigenvalue weighted by Gasteiger charge is 2.03. The standard InChI is InChI=1S/C23H48NO4PS/c1-3-4-5-6-7-8-9-10-11-12-13-14-15-18-21-24-23(25)20-17-16-19-22-28-29(26,30)27-2/h3-22H2,1-2H3,(H,24,25)(H,26,30)/p-1. The molecular weight excluding hydrogens is 417 g/mol. The predicted octanol–water partition coefficient (Wildman–Crippen LogP) is 6.39. The Morgan fingerprint density at radius 1 is 0.800 bits per heavy atom. The summed E-state index contributed by atoms with van der Waals surface area (Å²) in [4.78, 5) is 23.1. The SMILES string of the molecule is CCCCCCCCCCCCCCCCNC(=O)CCCCCOP([O-])(=S)OC. The molecule has 0 aromatic heterocycles. The number of nitrogens with one attached hydrogen (secondary N) is 1. The molecule has 180 valence electrons. The number of hydrogen-bond donors (Lipinski definition) is 1. The number of carbonyl (C=O) groups is 1. The van der Waals surface area contributed by atoms with Crippen molar-refractivity contribution in [1.29, 1.82) is 0 Å². The van der Waals surface area contributed by atoms with Crippen LogP contribution in [0.15, 0.2) is 0 Å². The van der Waals surface area contributed by atoms with Crippen molar-refractivity contribution in [2.24, 2.45) is 0 Å². The molecule has 0 aliphatic heterocycles. The van der Waals surface area contributed by atoms with Gasteiger partial charge in [-0.2, -0.15) is 0 Å². The van der Waals surface area contributed by atoms with Crippen molar-refractivity contribution in [2.45, 2.75) is 122 Å². The molecule has 0 saturated heterocycles. The van der Waals surface area contributed by atoms with Crippen LogP contribution in [0.25, 0.3) is 0 Å². The van der Waals surface area contributed by atoms with Gasteiger partial charge in [0, 0.05) is 20.1 Å². The summed E-state index contributed by atoms with van der Waals surface area (Å²) >= 11 is 4.64. The molecule has 0 spiro atoms. The minimum Gasteiger partial charge on any atom is -0.780 e. The second kappa shape index (κ2) is 22.2. The van der Waals surface area contributed by atoms with E-state index in [1.807, 2.05) is 0 Å². The van der Waals surface area contributed by atoms with E-state index < -0.39 is 6.72 Å². The Morgan fingerprint density at radius 2 is 1.27 bits per heavy atom. The number of hydrogen-bond acceptors (Lipinski definition) is 5. The second-order valence-corrected chi connectivity index (χ2v) is 11.1. The highest BCUT2D eigenvalue weighted by molar-refractivity contribution is 8.06. The Hall–Kier alpha value is -0.0000000000000000763. The zero-order chi connectivity index (χ0) is 22.3. The van der Waals surface area contributed by atoms with Gasteiger partial charge < -0.3 is 19.3 Å². The largest absolute Gasteiger partial charge is 0.780 e. The van der Waals surface area contributed by atoms with E-state index in [1.54, 1.807) is 0 Å².